The normalized spacial score (nSPS) is 17.1. The number of nitrogens with zero attached hydrogens (tertiary/aromatic N) is 7. The lowest BCUT2D eigenvalue weighted by molar-refractivity contribution is 0.741. The van der Waals surface area contributed by atoms with E-state index in [9.17, 15) is 5.26 Å². The summed E-state index contributed by atoms with van der Waals surface area (Å²) in [6.45, 7) is 5.53. The van der Waals surface area contributed by atoms with Crippen LogP contribution in [0.3, 0.4) is 0 Å². The number of hydrogen-bond acceptors (Lipinski definition) is 6. The van der Waals surface area contributed by atoms with Gasteiger partial charge in [-0.2, -0.15) is 10.4 Å². The van der Waals surface area contributed by atoms with Crippen LogP contribution in [0.2, 0.25) is 0 Å². The van der Waals surface area contributed by atoms with E-state index in [0.29, 0.717) is 24.5 Å². The standard InChI is InChI=1S/C22H21N7/c1-12-5-6-14-11-28(3)22-19(18(8-23)29(4)27-22)16-9-24-17-10-25-20(21(17)26-16)13(2)15(14)7-12/h5-7,9,13H,10-11H2,1-4H3/t13-/m1/s1. The highest BCUT2D eigenvalue weighted by Gasteiger charge is 2.30. The minimum Gasteiger partial charge on any atom is -0.353 e. The Morgan fingerprint density at radius 2 is 2.07 bits per heavy atom. The highest BCUT2D eigenvalue weighted by Crippen LogP contribution is 2.37. The first-order valence-corrected chi connectivity index (χ1v) is 9.66. The Bertz CT molecular complexity index is 1230. The quantitative estimate of drug-likeness (QED) is 0.596. The molecule has 7 heteroatoms. The van der Waals surface area contributed by atoms with Gasteiger partial charge in [0.2, 0.25) is 0 Å². The predicted molar refractivity (Wildman–Crippen MR) is 111 cm³/mol. The molecule has 0 unspecified atom stereocenters. The third-order valence-electron chi connectivity index (χ3n) is 5.83. The number of anilines is 1. The van der Waals surface area contributed by atoms with Crippen molar-refractivity contribution in [2.75, 3.05) is 11.9 Å². The lowest BCUT2D eigenvalue weighted by atomic mass is 9.89. The predicted octanol–water partition coefficient (Wildman–Crippen LogP) is 3.11. The Balaban J connectivity index is 1.83. The Labute approximate surface area is 169 Å². The van der Waals surface area contributed by atoms with Crippen LogP contribution in [0.1, 0.15) is 46.6 Å². The third kappa shape index (κ3) is 2.56. The molecule has 0 spiro atoms. The molecule has 0 amide bonds. The Hall–Kier alpha value is -3.53. The van der Waals surface area contributed by atoms with Crippen molar-refractivity contribution in [3.8, 4) is 17.3 Å². The summed E-state index contributed by atoms with van der Waals surface area (Å²) < 4.78 is 1.62. The molecule has 7 nitrogen and oxygen atoms in total. The molecule has 1 atom stereocenters. The summed E-state index contributed by atoms with van der Waals surface area (Å²) in [6, 6.07) is 8.85. The second kappa shape index (κ2) is 6.24. The van der Waals surface area contributed by atoms with Crippen LogP contribution >= 0.6 is 0 Å². The SMILES string of the molecule is Cc1ccc2c(c1)[C@@H](C)C1=NCc3ncc(nc31)-c1c(nn(C)c1C#N)N(C)C2. The molecule has 3 aromatic rings. The molecule has 2 aliphatic rings. The molecule has 2 aromatic heterocycles. The van der Waals surface area contributed by atoms with Crippen LogP contribution in [-0.2, 0) is 20.1 Å². The minimum atomic E-state index is 0.107. The van der Waals surface area contributed by atoms with Crippen LogP contribution in [0.15, 0.2) is 29.4 Å². The van der Waals surface area contributed by atoms with Crippen LogP contribution in [0.5, 0.6) is 0 Å². The number of aromatic nitrogens is 4. The molecule has 5 rings (SSSR count). The molecule has 0 fully saturated rings. The molecular formula is C22H21N7. The maximum absolute atomic E-state index is 9.77. The number of rotatable bonds is 0. The summed E-state index contributed by atoms with van der Waals surface area (Å²) in [4.78, 5) is 16.5. The Morgan fingerprint density at radius 1 is 1.24 bits per heavy atom. The van der Waals surface area contributed by atoms with E-state index in [1.807, 2.05) is 7.05 Å². The average molecular weight is 383 g/mol. The molecule has 0 N–H and O–H groups in total. The molecule has 0 saturated heterocycles. The van der Waals surface area contributed by atoms with E-state index in [0.717, 1.165) is 28.5 Å². The van der Waals surface area contributed by atoms with E-state index in [2.05, 4.69) is 53.1 Å². The fourth-order valence-electron chi connectivity index (χ4n) is 4.31. The van der Waals surface area contributed by atoms with Crippen molar-refractivity contribution in [1.29, 1.82) is 5.26 Å². The smallest absolute Gasteiger partial charge is 0.161 e. The molecule has 0 aliphatic carbocycles. The molecule has 4 heterocycles. The topological polar surface area (TPSA) is 83.0 Å². The lowest BCUT2D eigenvalue weighted by Crippen LogP contribution is -2.20. The summed E-state index contributed by atoms with van der Waals surface area (Å²) in [5.74, 6) is 0.840. The fourth-order valence-corrected chi connectivity index (χ4v) is 4.31. The van der Waals surface area contributed by atoms with Crippen molar-refractivity contribution in [2.24, 2.45) is 12.0 Å². The number of benzene rings is 1. The third-order valence-corrected chi connectivity index (χ3v) is 5.83. The molecule has 2 aliphatic heterocycles. The van der Waals surface area contributed by atoms with Gasteiger partial charge < -0.3 is 4.90 Å². The van der Waals surface area contributed by atoms with Crippen molar-refractivity contribution in [1.82, 2.24) is 19.7 Å². The molecule has 0 saturated carbocycles. The zero-order chi connectivity index (χ0) is 20.3. The van der Waals surface area contributed by atoms with Crippen molar-refractivity contribution in [2.45, 2.75) is 32.9 Å². The van der Waals surface area contributed by atoms with Crippen LogP contribution in [0.25, 0.3) is 11.3 Å². The zero-order valence-corrected chi connectivity index (χ0v) is 16.9. The van der Waals surface area contributed by atoms with E-state index in [-0.39, 0.29) is 5.92 Å². The van der Waals surface area contributed by atoms with Crippen LogP contribution in [0, 0.1) is 18.3 Å². The first-order chi connectivity index (χ1) is 14.0. The van der Waals surface area contributed by atoms with Gasteiger partial charge in [-0.3, -0.25) is 14.7 Å². The van der Waals surface area contributed by atoms with Crippen molar-refractivity contribution in [3.63, 3.8) is 0 Å². The van der Waals surface area contributed by atoms with Crippen LogP contribution in [-0.4, -0.2) is 32.5 Å². The zero-order valence-electron chi connectivity index (χ0n) is 16.9. The molecule has 0 radical (unpaired) electrons. The second-order valence-corrected chi connectivity index (χ2v) is 7.81. The second-order valence-electron chi connectivity index (χ2n) is 7.81. The van der Waals surface area contributed by atoms with Gasteiger partial charge in [-0.05, 0) is 18.1 Å². The first-order valence-electron chi connectivity index (χ1n) is 9.66. The van der Waals surface area contributed by atoms with Gasteiger partial charge in [-0.25, -0.2) is 4.98 Å². The molecule has 1 aromatic carbocycles. The summed E-state index contributed by atoms with van der Waals surface area (Å²) in [5, 5.41) is 14.4. The van der Waals surface area contributed by atoms with Gasteiger partial charge in [0.05, 0.1) is 35.4 Å². The van der Waals surface area contributed by atoms with Gasteiger partial charge in [0, 0.05) is 26.6 Å². The number of hydrogen-bond donors (Lipinski definition) is 0. The minimum absolute atomic E-state index is 0.107. The van der Waals surface area contributed by atoms with Crippen LogP contribution in [0.4, 0.5) is 5.82 Å². The summed E-state index contributed by atoms with van der Waals surface area (Å²) >= 11 is 0. The van der Waals surface area contributed by atoms with E-state index in [4.69, 9.17) is 9.98 Å². The van der Waals surface area contributed by atoms with E-state index in [1.165, 1.54) is 16.7 Å². The van der Waals surface area contributed by atoms with E-state index < -0.39 is 0 Å². The van der Waals surface area contributed by atoms with Gasteiger partial charge in [-0.1, -0.05) is 30.7 Å². The molecular weight excluding hydrogens is 362 g/mol. The summed E-state index contributed by atoms with van der Waals surface area (Å²) in [7, 11) is 3.79. The number of fused-ring (bicyclic) bond motifs is 4. The number of aliphatic imine (C=N–C) groups is 1. The number of aryl methyl sites for hydroxylation is 2. The van der Waals surface area contributed by atoms with Crippen molar-refractivity contribution >= 4 is 11.5 Å². The highest BCUT2D eigenvalue weighted by molar-refractivity contribution is 6.06. The van der Waals surface area contributed by atoms with E-state index in [1.54, 1.807) is 17.9 Å². The number of nitriles is 1. The fraction of sp³-hybridized carbons (Fsp3) is 0.318. The Kier molecular flexibility index (Phi) is 3.78. The largest absolute Gasteiger partial charge is 0.353 e. The van der Waals surface area contributed by atoms with Crippen LogP contribution < -0.4 is 4.90 Å². The van der Waals surface area contributed by atoms with Crippen molar-refractivity contribution < 1.29 is 0 Å². The van der Waals surface area contributed by atoms with Gasteiger partial charge in [0.1, 0.15) is 17.5 Å². The molecule has 29 heavy (non-hydrogen) atoms. The molecule has 144 valence electrons. The average Bonchev–Trinajstić information content (AvgIpc) is 3.28. The molecule has 2 bridgehead atoms. The summed E-state index contributed by atoms with van der Waals surface area (Å²) in [6.07, 6.45) is 1.74. The maximum Gasteiger partial charge on any atom is 0.161 e. The Morgan fingerprint density at radius 3 is 2.86 bits per heavy atom. The highest BCUT2D eigenvalue weighted by atomic mass is 15.3. The van der Waals surface area contributed by atoms with Crippen molar-refractivity contribution in [3.05, 3.63) is 58.2 Å². The van der Waals surface area contributed by atoms with Gasteiger partial charge in [0.25, 0.3) is 0 Å². The van der Waals surface area contributed by atoms with Gasteiger partial charge >= 0.3 is 0 Å². The monoisotopic (exact) mass is 383 g/mol. The van der Waals surface area contributed by atoms with E-state index >= 15 is 0 Å². The van der Waals surface area contributed by atoms with Gasteiger partial charge in [0.15, 0.2) is 5.82 Å². The lowest BCUT2D eigenvalue weighted by Gasteiger charge is -2.22. The first kappa shape index (κ1) is 17.6. The summed E-state index contributed by atoms with van der Waals surface area (Å²) in [5.41, 5.74) is 8.25. The maximum atomic E-state index is 9.77. The van der Waals surface area contributed by atoms with Gasteiger partial charge in [-0.15, -0.1) is 0 Å².